The highest BCUT2D eigenvalue weighted by Crippen LogP contribution is 2.25. The minimum absolute atomic E-state index is 0.0120. The third kappa shape index (κ3) is 4.12. The number of hydrogen-bond donors (Lipinski definition) is 0. The SMILES string of the molecule is CC(c1cccc([N+](=O)[O-])c1)N(C)C(=O)c1ccc2c(=O)n3c(nc2c1)CCCCCC3. The van der Waals surface area contributed by atoms with Crippen molar-refractivity contribution in [3.8, 4) is 0 Å². The molecule has 8 heteroatoms. The van der Waals surface area contributed by atoms with Crippen molar-refractivity contribution in [2.24, 2.45) is 0 Å². The maximum Gasteiger partial charge on any atom is 0.269 e. The number of nitrogens with zero attached hydrogens (tertiary/aromatic N) is 4. The Hall–Kier alpha value is -3.55. The van der Waals surface area contributed by atoms with Crippen LogP contribution in [0.4, 0.5) is 5.69 Å². The third-order valence-corrected chi connectivity index (χ3v) is 6.28. The van der Waals surface area contributed by atoms with Crippen molar-refractivity contribution >= 4 is 22.5 Å². The number of carbonyl (C=O) groups excluding carboxylic acids is 1. The van der Waals surface area contributed by atoms with Crippen LogP contribution in [0.5, 0.6) is 0 Å². The van der Waals surface area contributed by atoms with Crippen LogP contribution in [-0.4, -0.2) is 32.3 Å². The number of aryl methyl sites for hydroxylation is 1. The van der Waals surface area contributed by atoms with Gasteiger partial charge >= 0.3 is 0 Å². The summed E-state index contributed by atoms with van der Waals surface area (Å²) < 4.78 is 1.78. The van der Waals surface area contributed by atoms with E-state index in [0.717, 1.165) is 37.9 Å². The quantitative estimate of drug-likeness (QED) is 0.451. The fourth-order valence-corrected chi connectivity index (χ4v) is 4.23. The number of carbonyl (C=O) groups is 1. The first-order valence-corrected chi connectivity index (χ1v) is 10.9. The van der Waals surface area contributed by atoms with Gasteiger partial charge in [-0.1, -0.05) is 25.0 Å². The summed E-state index contributed by atoms with van der Waals surface area (Å²) in [7, 11) is 1.67. The van der Waals surface area contributed by atoms with Gasteiger partial charge in [0, 0.05) is 37.7 Å². The standard InChI is InChI=1S/C24H26N4O4/c1-16(17-8-7-9-19(14-17)28(31)32)26(2)23(29)18-11-12-20-21(15-18)25-22-10-5-3-4-6-13-27(22)24(20)30/h7-9,11-12,14-16H,3-6,10,13H2,1-2H3. The molecule has 1 atom stereocenters. The van der Waals surface area contributed by atoms with Gasteiger partial charge in [0.25, 0.3) is 17.2 Å². The number of non-ortho nitro benzene ring substituents is 1. The molecule has 0 spiro atoms. The number of aromatic nitrogens is 2. The first-order chi connectivity index (χ1) is 15.4. The van der Waals surface area contributed by atoms with Gasteiger partial charge in [-0.3, -0.25) is 24.3 Å². The summed E-state index contributed by atoms with van der Waals surface area (Å²) in [4.78, 5) is 43.1. The Morgan fingerprint density at radius 2 is 1.94 bits per heavy atom. The number of benzene rings is 2. The summed E-state index contributed by atoms with van der Waals surface area (Å²) in [6.07, 6.45) is 4.98. The van der Waals surface area contributed by atoms with Gasteiger partial charge in [-0.15, -0.1) is 0 Å². The minimum atomic E-state index is -0.448. The second-order valence-electron chi connectivity index (χ2n) is 8.33. The van der Waals surface area contributed by atoms with Crippen molar-refractivity contribution in [1.29, 1.82) is 0 Å². The first-order valence-electron chi connectivity index (χ1n) is 10.9. The largest absolute Gasteiger partial charge is 0.335 e. The Morgan fingerprint density at radius 1 is 1.16 bits per heavy atom. The third-order valence-electron chi connectivity index (χ3n) is 6.28. The summed E-state index contributed by atoms with van der Waals surface area (Å²) in [5.41, 5.74) is 1.57. The fourth-order valence-electron chi connectivity index (χ4n) is 4.23. The lowest BCUT2D eigenvalue weighted by molar-refractivity contribution is -0.384. The van der Waals surface area contributed by atoms with Gasteiger partial charge in [-0.25, -0.2) is 4.98 Å². The van der Waals surface area contributed by atoms with Gasteiger partial charge in [0.1, 0.15) is 5.82 Å². The van der Waals surface area contributed by atoms with Gasteiger partial charge in [0.05, 0.1) is 21.9 Å². The van der Waals surface area contributed by atoms with Crippen LogP contribution < -0.4 is 5.56 Å². The number of nitro groups is 1. The predicted molar refractivity (Wildman–Crippen MR) is 122 cm³/mol. The maximum absolute atomic E-state index is 13.2. The average molecular weight is 434 g/mol. The number of fused-ring (bicyclic) bond motifs is 2. The van der Waals surface area contributed by atoms with Crippen LogP contribution in [-0.2, 0) is 13.0 Å². The molecular formula is C24H26N4O4. The van der Waals surface area contributed by atoms with E-state index in [0.29, 0.717) is 28.6 Å². The second-order valence-corrected chi connectivity index (χ2v) is 8.33. The van der Waals surface area contributed by atoms with Crippen LogP contribution in [0.25, 0.3) is 10.9 Å². The van der Waals surface area contributed by atoms with E-state index in [1.807, 2.05) is 6.92 Å². The molecule has 0 fully saturated rings. The van der Waals surface area contributed by atoms with Crippen LogP contribution in [0, 0.1) is 10.1 Å². The molecule has 4 rings (SSSR count). The van der Waals surface area contributed by atoms with Gasteiger partial charge < -0.3 is 4.90 Å². The average Bonchev–Trinajstić information content (AvgIpc) is 2.78. The molecule has 8 nitrogen and oxygen atoms in total. The Balaban J connectivity index is 1.66. The van der Waals surface area contributed by atoms with Gasteiger partial charge in [-0.2, -0.15) is 0 Å². The van der Waals surface area contributed by atoms with E-state index in [2.05, 4.69) is 0 Å². The zero-order valence-corrected chi connectivity index (χ0v) is 18.3. The topological polar surface area (TPSA) is 98.3 Å². The molecule has 0 N–H and O–H groups in total. The fraction of sp³-hybridized carbons (Fsp3) is 0.375. The van der Waals surface area contributed by atoms with Crippen molar-refractivity contribution in [2.45, 2.75) is 51.6 Å². The van der Waals surface area contributed by atoms with E-state index in [1.54, 1.807) is 46.8 Å². The second kappa shape index (κ2) is 8.90. The molecule has 0 saturated carbocycles. The van der Waals surface area contributed by atoms with Crippen LogP contribution in [0.15, 0.2) is 47.3 Å². The van der Waals surface area contributed by atoms with Crippen LogP contribution >= 0.6 is 0 Å². The molecule has 1 amide bonds. The highest BCUT2D eigenvalue weighted by Gasteiger charge is 2.22. The molecule has 2 aromatic carbocycles. The summed E-state index contributed by atoms with van der Waals surface area (Å²) in [6.45, 7) is 2.51. The summed E-state index contributed by atoms with van der Waals surface area (Å²) >= 11 is 0. The molecule has 0 saturated heterocycles. The Kier molecular flexibility index (Phi) is 6.03. The smallest absolute Gasteiger partial charge is 0.269 e. The summed E-state index contributed by atoms with van der Waals surface area (Å²) in [5, 5.41) is 11.6. The van der Waals surface area contributed by atoms with Gasteiger partial charge in [0.15, 0.2) is 0 Å². The van der Waals surface area contributed by atoms with Crippen molar-refractivity contribution in [3.63, 3.8) is 0 Å². The van der Waals surface area contributed by atoms with E-state index in [1.165, 1.54) is 12.1 Å². The zero-order valence-electron chi connectivity index (χ0n) is 18.3. The molecule has 1 aliphatic heterocycles. The molecule has 0 aliphatic carbocycles. The van der Waals surface area contributed by atoms with E-state index >= 15 is 0 Å². The highest BCUT2D eigenvalue weighted by molar-refractivity contribution is 5.97. The van der Waals surface area contributed by atoms with Crippen molar-refractivity contribution in [1.82, 2.24) is 14.5 Å². The van der Waals surface area contributed by atoms with E-state index in [4.69, 9.17) is 4.98 Å². The van der Waals surface area contributed by atoms with Gasteiger partial charge in [0.2, 0.25) is 0 Å². The summed E-state index contributed by atoms with van der Waals surface area (Å²) in [6, 6.07) is 10.9. The van der Waals surface area contributed by atoms with E-state index < -0.39 is 4.92 Å². The van der Waals surface area contributed by atoms with Crippen LogP contribution in [0.3, 0.4) is 0 Å². The Labute approximate surface area is 185 Å². The molecular weight excluding hydrogens is 408 g/mol. The first kappa shape index (κ1) is 21.7. The molecule has 1 unspecified atom stereocenters. The molecule has 0 bridgehead atoms. The highest BCUT2D eigenvalue weighted by atomic mass is 16.6. The lowest BCUT2D eigenvalue weighted by atomic mass is 10.0. The monoisotopic (exact) mass is 434 g/mol. The molecule has 2 heterocycles. The number of hydrogen-bond acceptors (Lipinski definition) is 5. The maximum atomic E-state index is 13.2. The van der Waals surface area contributed by atoms with Crippen LogP contribution in [0.1, 0.15) is 60.4 Å². The predicted octanol–water partition coefficient (Wildman–Crippen LogP) is 4.25. The zero-order chi connectivity index (χ0) is 22.8. The van der Waals surface area contributed by atoms with Gasteiger partial charge in [-0.05, 0) is 43.5 Å². The number of rotatable bonds is 4. The lowest BCUT2D eigenvalue weighted by Gasteiger charge is -2.25. The summed E-state index contributed by atoms with van der Waals surface area (Å²) in [5.74, 6) is 0.546. The van der Waals surface area contributed by atoms with E-state index in [9.17, 15) is 19.7 Å². The normalized spacial score (nSPS) is 14.8. The van der Waals surface area contributed by atoms with Crippen molar-refractivity contribution in [2.75, 3.05) is 7.05 Å². The van der Waals surface area contributed by atoms with Crippen LogP contribution in [0.2, 0.25) is 0 Å². The molecule has 1 aromatic heterocycles. The van der Waals surface area contributed by atoms with E-state index in [-0.39, 0.29) is 23.2 Å². The number of nitro benzene ring substituents is 1. The molecule has 32 heavy (non-hydrogen) atoms. The van der Waals surface area contributed by atoms with Crippen molar-refractivity contribution < 1.29 is 9.72 Å². The molecule has 1 aliphatic rings. The minimum Gasteiger partial charge on any atom is -0.335 e. The lowest BCUT2D eigenvalue weighted by Crippen LogP contribution is -2.30. The number of amides is 1. The molecule has 166 valence electrons. The molecule has 3 aromatic rings. The Bertz CT molecular complexity index is 1250. The van der Waals surface area contributed by atoms with Crippen molar-refractivity contribution in [3.05, 3.63) is 79.9 Å². The Morgan fingerprint density at radius 3 is 2.72 bits per heavy atom. The molecule has 0 radical (unpaired) electrons.